The molecule has 0 bridgehead atoms. The van der Waals surface area contributed by atoms with E-state index in [1.807, 2.05) is 0 Å². The van der Waals surface area contributed by atoms with Crippen LogP contribution in [0.25, 0.3) is 0 Å². The lowest BCUT2D eigenvalue weighted by Gasteiger charge is -2.30. The van der Waals surface area contributed by atoms with E-state index in [9.17, 15) is 5.11 Å². The zero-order valence-corrected chi connectivity index (χ0v) is 11.1. The van der Waals surface area contributed by atoms with Crippen molar-refractivity contribution in [3.8, 4) is 5.75 Å². The highest BCUT2D eigenvalue weighted by atomic mass is 16.7. The van der Waals surface area contributed by atoms with E-state index in [1.54, 1.807) is 52.7 Å². The Kier molecular flexibility index (Phi) is 6.07. The molecule has 5 heteroatoms. The minimum absolute atomic E-state index is 0.204. The minimum atomic E-state index is -0.501. The largest absolute Gasteiger partial charge is 0.508 e. The summed E-state index contributed by atoms with van der Waals surface area (Å²) in [6.07, 6.45) is -1.00. The Balaban J connectivity index is 3.06. The Morgan fingerprint density at radius 1 is 0.778 bits per heavy atom. The van der Waals surface area contributed by atoms with Gasteiger partial charge >= 0.3 is 0 Å². The van der Waals surface area contributed by atoms with Gasteiger partial charge in [0.2, 0.25) is 0 Å². The molecular weight excluding hydrogens is 236 g/mol. The molecule has 5 nitrogen and oxygen atoms in total. The Morgan fingerprint density at radius 3 is 1.50 bits per heavy atom. The number of hydrogen-bond donors (Lipinski definition) is 1. The Labute approximate surface area is 107 Å². The van der Waals surface area contributed by atoms with Gasteiger partial charge in [0.05, 0.1) is 5.92 Å². The van der Waals surface area contributed by atoms with Gasteiger partial charge in [-0.1, -0.05) is 12.1 Å². The van der Waals surface area contributed by atoms with E-state index in [2.05, 4.69) is 0 Å². The zero-order valence-electron chi connectivity index (χ0n) is 11.1. The molecular formula is C13H20O5. The first kappa shape index (κ1) is 14.9. The standard InChI is InChI=1S/C13H20O5/c1-15-12(16-2)11(13(17-3)18-4)9-5-7-10(14)8-6-9/h5-8,11-14H,1-4H3. The molecule has 18 heavy (non-hydrogen) atoms. The monoisotopic (exact) mass is 256 g/mol. The van der Waals surface area contributed by atoms with Crippen molar-refractivity contribution < 1.29 is 24.1 Å². The molecule has 0 fully saturated rings. The second-order valence-corrected chi connectivity index (χ2v) is 3.80. The molecule has 0 heterocycles. The number of ether oxygens (including phenoxy) is 4. The summed E-state index contributed by atoms with van der Waals surface area (Å²) in [4.78, 5) is 0. The molecule has 1 N–H and O–H groups in total. The number of aromatic hydroxyl groups is 1. The molecule has 0 saturated heterocycles. The molecule has 102 valence electrons. The number of benzene rings is 1. The van der Waals surface area contributed by atoms with Gasteiger partial charge in [-0.2, -0.15) is 0 Å². The van der Waals surface area contributed by atoms with Crippen LogP contribution in [-0.4, -0.2) is 46.1 Å². The van der Waals surface area contributed by atoms with Gasteiger partial charge in [0.15, 0.2) is 12.6 Å². The molecule has 0 radical (unpaired) electrons. The molecule has 0 aromatic heterocycles. The first-order valence-corrected chi connectivity index (χ1v) is 5.58. The smallest absolute Gasteiger partial charge is 0.168 e. The van der Waals surface area contributed by atoms with Crippen LogP contribution in [0.2, 0.25) is 0 Å². The molecule has 1 aromatic rings. The van der Waals surface area contributed by atoms with Crippen molar-refractivity contribution in [1.82, 2.24) is 0 Å². The van der Waals surface area contributed by atoms with Crippen LogP contribution < -0.4 is 0 Å². The van der Waals surface area contributed by atoms with Crippen LogP contribution in [0.3, 0.4) is 0 Å². The summed E-state index contributed by atoms with van der Waals surface area (Å²) in [5.74, 6) is -0.0501. The van der Waals surface area contributed by atoms with Crippen molar-refractivity contribution in [2.75, 3.05) is 28.4 Å². The normalized spacial score (nSPS) is 11.7. The lowest BCUT2D eigenvalue weighted by molar-refractivity contribution is -0.196. The summed E-state index contributed by atoms with van der Waals surface area (Å²) in [5, 5.41) is 9.32. The highest BCUT2D eigenvalue weighted by Crippen LogP contribution is 2.29. The molecule has 0 aliphatic rings. The molecule has 0 aliphatic carbocycles. The number of phenols is 1. The maximum absolute atomic E-state index is 9.32. The van der Waals surface area contributed by atoms with Gasteiger partial charge < -0.3 is 24.1 Å². The lowest BCUT2D eigenvalue weighted by Crippen LogP contribution is -2.34. The highest BCUT2D eigenvalue weighted by molar-refractivity contribution is 5.29. The van der Waals surface area contributed by atoms with Crippen LogP contribution >= 0.6 is 0 Å². The van der Waals surface area contributed by atoms with Crippen LogP contribution in [0.5, 0.6) is 5.75 Å². The van der Waals surface area contributed by atoms with Gasteiger partial charge in [0.1, 0.15) is 5.75 Å². The van der Waals surface area contributed by atoms with Crippen LogP contribution in [0, 0.1) is 0 Å². The fourth-order valence-electron chi connectivity index (χ4n) is 1.92. The Morgan fingerprint density at radius 2 is 1.17 bits per heavy atom. The molecule has 0 spiro atoms. The second kappa shape index (κ2) is 7.33. The van der Waals surface area contributed by atoms with Crippen molar-refractivity contribution in [3.63, 3.8) is 0 Å². The van der Waals surface area contributed by atoms with Crippen LogP contribution in [0.1, 0.15) is 11.5 Å². The summed E-state index contributed by atoms with van der Waals surface area (Å²) in [7, 11) is 6.24. The summed E-state index contributed by atoms with van der Waals surface area (Å²) in [6.45, 7) is 0. The average Bonchev–Trinajstić information content (AvgIpc) is 2.40. The summed E-state index contributed by atoms with van der Waals surface area (Å²) in [6, 6.07) is 6.78. The average molecular weight is 256 g/mol. The minimum Gasteiger partial charge on any atom is -0.508 e. The Bertz CT molecular complexity index is 318. The van der Waals surface area contributed by atoms with Gasteiger partial charge in [-0.3, -0.25) is 0 Å². The lowest BCUT2D eigenvalue weighted by atomic mass is 9.97. The van der Waals surface area contributed by atoms with E-state index in [0.29, 0.717) is 0 Å². The molecule has 1 aromatic carbocycles. The van der Waals surface area contributed by atoms with Gasteiger partial charge in [-0.15, -0.1) is 0 Å². The zero-order chi connectivity index (χ0) is 13.5. The maximum Gasteiger partial charge on any atom is 0.168 e. The van der Waals surface area contributed by atoms with Crippen molar-refractivity contribution in [3.05, 3.63) is 29.8 Å². The molecule has 0 amide bonds. The van der Waals surface area contributed by atoms with E-state index in [0.717, 1.165) is 5.56 Å². The predicted octanol–water partition coefficient (Wildman–Crippen LogP) is 1.71. The van der Waals surface area contributed by atoms with Crippen LogP contribution in [0.15, 0.2) is 24.3 Å². The summed E-state index contributed by atoms with van der Waals surface area (Å²) in [5.41, 5.74) is 0.898. The van der Waals surface area contributed by atoms with E-state index >= 15 is 0 Å². The number of methoxy groups -OCH3 is 4. The van der Waals surface area contributed by atoms with Crippen LogP contribution in [-0.2, 0) is 18.9 Å². The van der Waals surface area contributed by atoms with E-state index in [-0.39, 0.29) is 11.7 Å². The maximum atomic E-state index is 9.32. The van der Waals surface area contributed by atoms with E-state index in [1.165, 1.54) is 0 Å². The van der Waals surface area contributed by atoms with E-state index in [4.69, 9.17) is 18.9 Å². The molecule has 0 atom stereocenters. The van der Waals surface area contributed by atoms with Crippen molar-refractivity contribution >= 4 is 0 Å². The fourth-order valence-corrected chi connectivity index (χ4v) is 1.92. The van der Waals surface area contributed by atoms with Gasteiger partial charge in [0, 0.05) is 28.4 Å². The highest BCUT2D eigenvalue weighted by Gasteiger charge is 2.31. The first-order valence-electron chi connectivity index (χ1n) is 5.58. The Hall–Kier alpha value is -1.14. The number of phenolic OH excluding ortho intramolecular Hbond substituents is 1. The summed E-state index contributed by atoms with van der Waals surface area (Å²) >= 11 is 0. The third kappa shape index (κ3) is 3.43. The quantitative estimate of drug-likeness (QED) is 0.753. The topological polar surface area (TPSA) is 57.2 Å². The molecule has 0 saturated carbocycles. The van der Waals surface area contributed by atoms with Crippen LogP contribution in [0.4, 0.5) is 0 Å². The van der Waals surface area contributed by atoms with E-state index < -0.39 is 12.6 Å². The first-order chi connectivity index (χ1) is 8.67. The molecule has 1 rings (SSSR count). The second-order valence-electron chi connectivity index (χ2n) is 3.80. The third-order valence-corrected chi connectivity index (χ3v) is 2.79. The fraction of sp³-hybridized carbons (Fsp3) is 0.538. The third-order valence-electron chi connectivity index (χ3n) is 2.79. The van der Waals surface area contributed by atoms with Gasteiger partial charge in [-0.05, 0) is 17.7 Å². The van der Waals surface area contributed by atoms with Crippen molar-refractivity contribution in [2.24, 2.45) is 0 Å². The predicted molar refractivity (Wildman–Crippen MR) is 66.5 cm³/mol. The number of hydrogen-bond acceptors (Lipinski definition) is 5. The molecule has 0 aliphatic heterocycles. The summed E-state index contributed by atoms with van der Waals surface area (Å²) < 4.78 is 21.1. The SMILES string of the molecule is COC(OC)C(c1ccc(O)cc1)C(OC)OC. The van der Waals surface area contributed by atoms with Gasteiger partial charge in [-0.25, -0.2) is 0 Å². The van der Waals surface area contributed by atoms with Crippen molar-refractivity contribution in [1.29, 1.82) is 0 Å². The van der Waals surface area contributed by atoms with Crippen molar-refractivity contribution in [2.45, 2.75) is 18.5 Å². The molecule has 0 unspecified atom stereocenters. The van der Waals surface area contributed by atoms with Gasteiger partial charge in [0.25, 0.3) is 0 Å². The number of rotatable bonds is 7.